The van der Waals surface area contributed by atoms with Gasteiger partial charge >= 0.3 is 0 Å². The maximum atomic E-state index is 12.9. The number of hydrogen-bond donors (Lipinski definition) is 2. The highest BCUT2D eigenvalue weighted by atomic mass is 19.1. The van der Waals surface area contributed by atoms with Crippen molar-refractivity contribution in [1.29, 1.82) is 0 Å². The molecule has 0 aliphatic rings. The Morgan fingerprint density at radius 2 is 1.74 bits per heavy atom. The standard InChI is InChI=1S/C14H15F2NO2/c15-11-5-10(6-12(16)7-11)3-4-17-8-13-1-2-14(9-18)19-13/h1-2,5-7,17-18H,3-4,8-9H2. The molecule has 2 aromatic rings. The molecule has 5 heteroatoms. The third-order valence-electron chi connectivity index (χ3n) is 2.69. The van der Waals surface area contributed by atoms with Crippen LogP contribution in [-0.4, -0.2) is 11.7 Å². The molecule has 3 nitrogen and oxygen atoms in total. The van der Waals surface area contributed by atoms with Crippen LogP contribution in [0.1, 0.15) is 17.1 Å². The number of hydrogen-bond acceptors (Lipinski definition) is 3. The number of aliphatic hydroxyl groups is 1. The molecule has 2 rings (SSSR count). The molecule has 0 spiro atoms. The van der Waals surface area contributed by atoms with Gasteiger partial charge in [-0.15, -0.1) is 0 Å². The van der Waals surface area contributed by atoms with E-state index >= 15 is 0 Å². The number of furan rings is 1. The molecule has 0 radical (unpaired) electrons. The smallest absolute Gasteiger partial charge is 0.129 e. The van der Waals surface area contributed by atoms with Gasteiger partial charge in [0.25, 0.3) is 0 Å². The van der Waals surface area contributed by atoms with Crippen LogP contribution < -0.4 is 5.32 Å². The third kappa shape index (κ3) is 4.15. The Labute approximate surface area is 109 Å². The van der Waals surface area contributed by atoms with Crippen LogP contribution in [0, 0.1) is 11.6 Å². The fraction of sp³-hybridized carbons (Fsp3) is 0.286. The molecule has 1 aromatic carbocycles. The highest BCUT2D eigenvalue weighted by Gasteiger charge is 2.02. The van der Waals surface area contributed by atoms with Crippen LogP contribution in [0.5, 0.6) is 0 Å². The summed E-state index contributed by atoms with van der Waals surface area (Å²) in [5.74, 6) is 0.112. The van der Waals surface area contributed by atoms with Crippen LogP contribution in [0.15, 0.2) is 34.7 Å². The molecule has 0 aliphatic carbocycles. The second kappa shape index (κ2) is 6.45. The minimum Gasteiger partial charge on any atom is -0.462 e. The summed E-state index contributed by atoms with van der Waals surface area (Å²) < 4.78 is 31.2. The van der Waals surface area contributed by atoms with E-state index in [1.165, 1.54) is 12.1 Å². The van der Waals surface area contributed by atoms with E-state index in [0.717, 1.165) is 11.8 Å². The molecule has 1 aromatic heterocycles. The van der Waals surface area contributed by atoms with Crippen molar-refractivity contribution in [3.63, 3.8) is 0 Å². The fourth-order valence-electron chi connectivity index (χ4n) is 1.80. The van der Waals surface area contributed by atoms with Crippen molar-refractivity contribution in [2.75, 3.05) is 6.54 Å². The maximum Gasteiger partial charge on any atom is 0.129 e. The number of rotatable bonds is 6. The number of nitrogens with one attached hydrogen (secondary N) is 1. The lowest BCUT2D eigenvalue weighted by atomic mass is 10.1. The van der Waals surface area contributed by atoms with Crippen LogP contribution in [-0.2, 0) is 19.6 Å². The zero-order valence-corrected chi connectivity index (χ0v) is 10.3. The van der Waals surface area contributed by atoms with Crippen molar-refractivity contribution in [2.24, 2.45) is 0 Å². The van der Waals surface area contributed by atoms with E-state index < -0.39 is 11.6 Å². The van der Waals surface area contributed by atoms with Gasteiger partial charge in [-0.05, 0) is 42.8 Å². The van der Waals surface area contributed by atoms with Crippen LogP contribution in [0.25, 0.3) is 0 Å². The summed E-state index contributed by atoms with van der Waals surface area (Å²) in [4.78, 5) is 0. The Morgan fingerprint density at radius 3 is 2.37 bits per heavy atom. The van der Waals surface area contributed by atoms with Gasteiger partial charge in [0.2, 0.25) is 0 Å². The van der Waals surface area contributed by atoms with Crippen molar-refractivity contribution in [2.45, 2.75) is 19.6 Å². The zero-order chi connectivity index (χ0) is 13.7. The molecule has 0 amide bonds. The van der Waals surface area contributed by atoms with Gasteiger partial charge in [-0.1, -0.05) is 0 Å². The van der Waals surface area contributed by atoms with Gasteiger partial charge < -0.3 is 14.8 Å². The van der Waals surface area contributed by atoms with Gasteiger partial charge in [0, 0.05) is 6.07 Å². The van der Waals surface area contributed by atoms with Gasteiger partial charge in [-0.25, -0.2) is 8.78 Å². The van der Waals surface area contributed by atoms with Crippen LogP contribution in [0.3, 0.4) is 0 Å². The largest absolute Gasteiger partial charge is 0.462 e. The van der Waals surface area contributed by atoms with E-state index in [1.807, 2.05) is 0 Å². The molecule has 0 unspecified atom stereocenters. The number of benzene rings is 1. The molecule has 0 saturated carbocycles. The van der Waals surface area contributed by atoms with E-state index in [0.29, 0.717) is 30.8 Å². The highest BCUT2D eigenvalue weighted by molar-refractivity contribution is 5.18. The van der Waals surface area contributed by atoms with Crippen LogP contribution in [0.2, 0.25) is 0 Å². The maximum absolute atomic E-state index is 12.9. The minimum atomic E-state index is -0.561. The first-order valence-electron chi connectivity index (χ1n) is 6.01. The lowest BCUT2D eigenvalue weighted by molar-refractivity contribution is 0.243. The SMILES string of the molecule is OCc1ccc(CNCCc2cc(F)cc(F)c2)o1. The summed E-state index contributed by atoms with van der Waals surface area (Å²) in [5.41, 5.74) is 0.612. The number of aliphatic hydroxyl groups excluding tert-OH is 1. The molecule has 0 aliphatic heterocycles. The van der Waals surface area contributed by atoms with E-state index in [-0.39, 0.29) is 6.61 Å². The molecule has 1 heterocycles. The van der Waals surface area contributed by atoms with E-state index in [2.05, 4.69) is 5.32 Å². The first-order valence-corrected chi connectivity index (χ1v) is 6.01. The summed E-state index contributed by atoms with van der Waals surface area (Å²) in [6, 6.07) is 6.98. The summed E-state index contributed by atoms with van der Waals surface area (Å²) >= 11 is 0. The Bertz CT molecular complexity index is 520. The third-order valence-corrected chi connectivity index (χ3v) is 2.69. The van der Waals surface area contributed by atoms with Crippen molar-refractivity contribution in [3.8, 4) is 0 Å². The Morgan fingerprint density at radius 1 is 1.05 bits per heavy atom. The van der Waals surface area contributed by atoms with Gasteiger partial charge in [0.05, 0.1) is 6.54 Å². The second-order valence-corrected chi connectivity index (χ2v) is 4.23. The lowest BCUT2D eigenvalue weighted by Crippen LogP contribution is -2.16. The number of halogens is 2. The first kappa shape index (κ1) is 13.7. The average molecular weight is 267 g/mol. The van der Waals surface area contributed by atoms with Crippen molar-refractivity contribution in [1.82, 2.24) is 5.32 Å². The van der Waals surface area contributed by atoms with Crippen molar-refractivity contribution < 1.29 is 18.3 Å². The molecular weight excluding hydrogens is 252 g/mol. The first-order chi connectivity index (χ1) is 9.17. The molecule has 19 heavy (non-hydrogen) atoms. The molecule has 0 atom stereocenters. The fourth-order valence-corrected chi connectivity index (χ4v) is 1.80. The predicted octanol–water partition coefficient (Wildman–Crippen LogP) is 2.38. The molecule has 102 valence electrons. The van der Waals surface area contributed by atoms with Crippen molar-refractivity contribution in [3.05, 3.63) is 59.1 Å². The summed E-state index contributed by atoms with van der Waals surface area (Å²) in [6.07, 6.45) is 0.530. The lowest BCUT2D eigenvalue weighted by Gasteiger charge is -2.04. The van der Waals surface area contributed by atoms with Crippen LogP contribution in [0.4, 0.5) is 8.78 Å². The van der Waals surface area contributed by atoms with Gasteiger partial charge in [-0.3, -0.25) is 0 Å². The normalized spacial score (nSPS) is 10.9. The quantitative estimate of drug-likeness (QED) is 0.790. The summed E-state index contributed by atoms with van der Waals surface area (Å²) in [7, 11) is 0. The molecule has 0 fully saturated rings. The van der Waals surface area contributed by atoms with E-state index in [9.17, 15) is 8.78 Å². The minimum absolute atomic E-state index is 0.122. The van der Waals surface area contributed by atoms with Crippen LogP contribution >= 0.6 is 0 Å². The van der Waals surface area contributed by atoms with Gasteiger partial charge in [0.1, 0.15) is 29.8 Å². The highest BCUT2D eigenvalue weighted by Crippen LogP contribution is 2.09. The van der Waals surface area contributed by atoms with E-state index in [4.69, 9.17) is 9.52 Å². The Kier molecular flexibility index (Phi) is 4.65. The Hall–Kier alpha value is -1.72. The summed E-state index contributed by atoms with van der Waals surface area (Å²) in [5, 5.41) is 11.9. The Balaban J connectivity index is 1.77. The molecule has 2 N–H and O–H groups in total. The van der Waals surface area contributed by atoms with E-state index in [1.54, 1.807) is 12.1 Å². The molecular formula is C14H15F2NO2. The zero-order valence-electron chi connectivity index (χ0n) is 10.3. The van der Waals surface area contributed by atoms with Gasteiger partial charge in [0.15, 0.2) is 0 Å². The molecule has 0 saturated heterocycles. The topological polar surface area (TPSA) is 45.4 Å². The summed E-state index contributed by atoms with van der Waals surface area (Å²) in [6.45, 7) is 0.971. The van der Waals surface area contributed by atoms with Gasteiger partial charge in [-0.2, -0.15) is 0 Å². The molecule has 0 bridgehead atoms. The second-order valence-electron chi connectivity index (χ2n) is 4.23. The van der Waals surface area contributed by atoms with Crippen molar-refractivity contribution >= 4 is 0 Å². The predicted molar refractivity (Wildman–Crippen MR) is 66.4 cm³/mol. The average Bonchev–Trinajstić information content (AvgIpc) is 2.81. The monoisotopic (exact) mass is 267 g/mol.